The highest BCUT2D eigenvalue weighted by molar-refractivity contribution is 6.39. The molecule has 10 heteroatoms. The number of halogens is 2. The molecule has 0 aliphatic rings. The van der Waals surface area contributed by atoms with Crippen molar-refractivity contribution in [2.45, 2.75) is 6.92 Å². The number of amides is 3. The molecule has 0 aliphatic heterocycles. The van der Waals surface area contributed by atoms with Crippen LogP contribution in [0.15, 0.2) is 71.8 Å². The molecule has 0 saturated heterocycles. The molecule has 0 saturated carbocycles. The first-order valence-corrected chi connectivity index (χ1v) is 10.7. The van der Waals surface area contributed by atoms with E-state index in [0.29, 0.717) is 32.7 Å². The number of benzene rings is 3. The third-order valence-corrected chi connectivity index (χ3v) is 4.84. The minimum atomic E-state index is -0.914. The molecule has 0 radical (unpaired) electrons. The third kappa shape index (κ3) is 7.61. The molecule has 3 amide bonds. The van der Waals surface area contributed by atoms with Crippen LogP contribution in [0.5, 0.6) is 5.75 Å². The van der Waals surface area contributed by atoms with Gasteiger partial charge in [0.2, 0.25) is 0 Å². The molecule has 8 nitrogen and oxygen atoms in total. The molecule has 0 unspecified atom stereocenters. The molecule has 174 valence electrons. The highest BCUT2D eigenvalue weighted by atomic mass is 35.5. The standard InChI is InChI=1S/C24H20Cl2N4O4/c1-15-4-2-6-18(10-15)28-23(32)24(33)30-27-13-16-5-3-7-19(11-16)34-14-22(31)29-21-9-8-17(25)12-20(21)26/h2-13H,14H2,1H3,(H,28,32)(H,29,31)(H,30,33)/b27-13-. The van der Waals surface area contributed by atoms with Crippen LogP contribution in [0.4, 0.5) is 11.4 Å². The molecule has 0 aliphatic carbocycles. The number of aryl methyl sites for hydroxylation is 1. The van der Waals surface area contributed by atoms with Gasteiger partial charge in [-0.25, -0.2) is 5.43 Å². The molecular formula is C24H20Cl2N4O4. The van der Waals surface area contributed by atoms with E-state index in [4.69, 9.17) is 27.9 Å². The zero-order valence-corrected chi connectivity index (χ0v) is 19.5. The Morgan fingerprint density at radius 3 is 2.50 bits per heavy atom. The van der Waals surface area contributed by atoms with E-state index in [1.807, 2.05) is 13.0 Å². The number of ether oxygens (including phenoxy) is 1. The SMILES string of the molecule is Cc1cccc(NC(=O)C(=O)N/N=C\c2cccc(OCC(=O)Nc3ccc(Cl)cc3Cl)c2)c1. The molecule has 0 atom stereocenters. The van der Waals surface area contributed by atoms with Crippen molar-refractivity contribution >= 4 is 58.5 Å². The van der Waals surface area contributed by atoms with Gasteiger partial charge >= 0.3 is 11.8 Å². The number of hydrazone groups is 1. The molecule has 34 heavy (non-hydrogen) atoms. The lowest BCUT2D eigenvalue weighted by Gasteiger charge is -2.09. The minimum absolute atomic E-state index is 0.255. The summed E-state index contributed by atoms with van der Waals surface area (Å²) in [5.74, 6) is -1.76. The van der Waals surface area contributed by atoms with Crippen LogP contribution < -0.4 is 20.8 Å². The zero-order valence-electron chi connectivity index (χ0n) is 18.0. The monoisotopic (exact) mass is 498 g/mol. The van der Waals surface area contributed by atoms with E-state index >= 15 is 0 Å². The van der Waals surface area contributed by atoms with Gasteiger partial charge in [-0.3, -0.25) is 14.4 Å². The van der Waals surface area contributed by atoms with Gasteiger partial charge < -0.3 is 15.4 Å². The minimum Gasteiger partial charge on any atom is -0.484 e. The van der Waals surface area contributed by atoms with Crippen molar-refractivity contribution in [3.8, 4) is 5.75 Å². The van der Waals surface area contributed by atoms with Crippen molar-refractivity contribution in [1.82, 2.24) is 5.43 Å². The summed E-state index contributed by atoms with van der Waals surface area (Å²) in [4.78, 5) is 36.0. The molecule has 3 aromatic rings. The van der Waals surface area contributed by atoms with E-state index in [1.165, 1.54) is 12.3 Å². The fourth-order valence-electron chi connectivity index (χ4n) is 2.74. The number of carbonyl (C=O) groups is 3. The van der Waals surface area contributed by atoms with Crippen molar-refractivity contribution < 1.29 is 19.1 Å². The molecular weight excluding hydrogens is 479 g/mol. The summed E-state index contributed by atoms with van der Waals surface area (Å²) in [6.45, 7) is 1.62. The van der Waals surface area contributed by atoms with Crippen LogP contribution in [-0.4, -0.2) is 30.5 Å². The Morgan fingerprint density at radius 1 is 0.941 bits per heavy atom. The van der Waals surface area contributed by atoms with Gasteiger partial charge in [-0.15, -0.1) is 0 Å². The van der Waals surface area contributed by atoms with Gasteiger partial charge in [-0.05, 0) is 60.5 Å². The van der Waals surface area contributed by atoms with Crippen molar-refractivity contribution in [3.05, 3.63) is 87.9 Å². The number of anilines is 2. The second-order valence-corrected chi connectivity index (χ2v) is 7.90. The highest BCUT2D eigenvalue weighted by Crippen LogP contribution is 2.25. The Balaban J connectivity index is 1.49. The predicted octanol–water partition coefficient (Wildman–Crippen LogP) is 4.41. The van der Waals surface area contributed by atoms with Gasteiger partial charge in [-0.1, -0.05) is 47.5 Å². The zero-order chi connectivity index (χ0) is 24.5. The Morgan fingerprint density at radius 2 is 1.74 bits per heavy atom. The summed E-state index contributed by atoms with van der Waals surface area (Å²) < 4.78 is 5.49. The Kier molecular flexibility index (Phi) is 8.61. The van der Waals surface area contributed by atoms with Crippen LogP contribution in [0.1, 0.15) is 11.1 Å². The largest absolute Gasteiger partial charge is 0.484 e. The fourth-order valence-corrected chi connectivity index (χ4v) is 3.19. The van der Waals surface area contributed by atoms with Crippen LogP contribution in [0.2, 0.25) is 10.0 Å². The summed E-state index contributed by atoms with van der Waals surface area (Å²) in [7, 11) is 0. The lowest BCUT2D eigenvalue weighted by molar-refractivity contribution is -0.136. The second kappa shape index (κ2) is 11.8. The summed E-state index contributed by atoms with van der Waals surface area (Å²) in [6.07, 6.45) is 1.35. The quantitative estimate of drug-likeness (QED) is 0.254. The van der Waals surface area contributed by atoms with Crippen LogP contribution in [0.25, 0.3) is 0 Å². The average molecular weight is 499 g/mol. The van der Waals surface area contributed by atoms with Crippen molar-refractivity contribution in [1.29, 1.82) is 0 Å². The fraction of sp³-hybridized carbons (Fsp3) is 0.0833. The lowest BCUT2D eigenvalue weighted by atomic mass is 10.2. The van der Waals surface area contributed by atoms with Crippen molar-refractivity contribution in [2.24, 2.45) is 5.10 Å². The van der Waals surface area contributed by atoms with E-state index in [0.717, 1.165) is 5.56 Å². The number of carbonyl (C=O) groups excluding carboxylic acids is 3. The van der Waals surface area contributed by atoms with Gasteiger partial charge in [0.05, 0.1) is 16.9 Å². The Labute approximate surface area is 205 Å². The van der Waals surface area contributed by atoms with E-state index in [-0.39, 0.29) is 6.61 Å². The van der Waals surface area contributed by atoms with Crippen LogP contribution in [-0.2, 0) is 14.4 Å². The summed E-state index contributed by atoms with van der Waals surface area (Å²) in [6, 6.07) is 18.5. The van der Waals surface area contributed by atoms with Gasteiger partial charge in [0.1, 0.15) is 5.75 Å². The maximum absolute atomic E-state index is 12.1. The molecule has 3 rings (SSSR count). The van der Waals surface area contributed by atoms with Crippen molar-refractivity contribution in [2.75, 3.05) is 17.2 Å². The second-order valence-electron chi connectivity index (χ2n) is 7.06. The average Bonchev–Trinajstić information content (AvgIpc) is 2.80. The van der Waals surface area contributed by atoms with E-state index in [2.05, 4.69) is 21.2 Å². The Bertz CT molecular complexity index is 1250. The van der Waals surface area contributed by atoms with E-state index in [1.54, 1.807) is 54.6 Å². The molecule has 3 N–H and O–H groups in total. The molecule has 0 bridgehead atoms. The number of hydrogen-bond donors (Lipinski definition) is 3. The highest BCUT2D eigenvalue weighted by Gasteiger charge is 2.13. The number of nitrogens with one attached hydrogen (secondary N) is 3. The first-order chi connectivity index (χ1) is 16.3. The molecule has 0 spiro atoms. The van der Waals surface area contributed by atoms with E-state index < -0.39 is 17.7 Å². The Hall–Kier alpha value is -3.88. The summed E-state index contributed by atoms with van der Waals surface area (Å²) in [5, 5.41) is 9.69. The number of hydrogen-bond acceptors (Lipinski definition) is 5. The molecule has 0 fully saturated rings. The summed E-state index contributed by atoms with van der Waals surface area (Å²) >= 11 is 11.9. The van der Waals surface area contributed by atoms with Crippen molar-refractivity contribution in [3.63, 3.8) is 0 Å². The smallest absolute Gasteiger partial charge is 0.329 e. The van der Waals surface area contributed by atoms with Gasteiger partial charge in [0, 0.05) is 10.7 Å². The van der Waals surface area contributed by atoms with Crippen LogP contribution in [0.3, 0.4) is 0 Å². The van der Waals surface area contributed by atoms with Gasteiger partial charge in [0.25, 0.3) is 5.91 Å². The number of nitrogens with zero attached hydrogens (tertiary/aromatic N) is 1. The number of rotatable bonds is 7. The van der Waals surface area contributed by atoms with E-state index in [9.17, 15) is 14.4 Å². The normalized spacial score (nSPS) is 10.6. The molecule has 0 aromatic heterocycles. The molecule has 3 aromatic carbocycles. The first kappa shape index (κ1) is 24.8. The summed E-state index contributed by atoms with van der Waals surface area (Å²) in [5.41, 5.74) is 4.62. The lowest BCUT2D eigenvalue weighted by Crippen LogP contribution is -2.32. The topological polar surface area (TPSA) is 109 Å². The maximum atomic E-state index is 12.1. The third-order valence-electron chi connectivity index (χ3n) is 4.30. The molecule has 0 heterocycles. The predicted molar refractivity (Wildman–Crippen MR) is 133 cm³/mol. The first-order valence-electron chi connectivity index (χ1n) is 9.99. The van der Waals surface area contributed by atoms with Crippen LogP contribution >= 0.6 is 23.2 Å². The van der Waals surface area contributed by atoms with Gasteiger partial charge in [0.15, 0.2) is 6.61 Å². The van der Waals surface area contributed by atoms with Crippen LogP contribution in [0, 0.1) is 6.92 Å². The maximum Gasteiger partial charge on any atom is 0.329 e. The van der Waals surface area contributed by atoms with Gasteiger partial charge in [-0.2, -0.15) is 5.10 Å².